The zero-order chi connectivity index (χ0) is 13.5. The Labute approximate surface area is 109 Å². The van der Waals surface area contributed by atoms with Gasteiger partial charge in [-0.15, -0.1) is 10.2 Å². The summed E-state index contributed by atoms with van der Waals surface area (Å²) in [5.74, 6) is 1.19. The molecule has 1 amide bonds. The Morgan fingerprint density at radius 2 is 1.94 bits per heavy atom. The van der Waals surface area contributed by atoms with Crippen molar-refractivity contribution in [1.29, 1.82) is 0 Å². The zero-order valence-corrected chi connectivity index (χ0v) is 11.6. The number of nitrogens with zero attached hydrogens (tertiary/aromatic N) is 3. The van der Waals surface area contributed by atoms with E-state index in [1.807, 2.05) is 13.8 Å². The van der Waals surface area contributed by atoms with E-state index in [9.17, 15) is 4.79 Å². The smallest absolute Gasteiger partial charge is 0.274 e. The molecule has 0 atom stereocenters. The number of anilines is 1. The lowest BCUT2D eigenvalue weighted by molar-refractivity contribution is 0.0766. The van der Waals surface area contributed by atoms with E-state index in [1.165, 1.54) is 0 Å². The minimum absolute atomic E-state index is 0.0668. The van der Waals surface area contributed by atoms with Crippen LogP contribution in [0.2, 0.25) is 0 Å². The summed E-state index contributed by atoms with van der Waals surface area (Å²) in [5.41, 5.74) is 0.397. The Hall–Kier alpha value is -1.65. The van der Waals surface area contributed by atoms with E-state index >= 15 is 0 Å². The molecule has 0 spiro atoms. The van der Waals surface area contributed by atoms with E-state index in [-0.39, 0.29) is 5.91 Å². The lowest BCUT2D eigenvalue weighted by Gasteiger charge is -2.17. The number of nitrogens with one attached hydrogen (secondary N) is 1. The van der Waals surface area contributed by atoms with Crippen LogP contribution in [-0.2, 0) is 0 Å². The highest BCUT2D eigenvalue weighted by Crippen LogP contribution is 2.06. The van der Waals surface area contributed by atoms with Crippen LogP contribution in [0.4, 0.5) is 5.82 Å². The molecule has 1 N–H and O–H groups in total. The highest BCUT2D eigenvalue weighted by atomic mass is 16.2. The second-order valence-electron chi connectivity index (χ2n) is 4.56. The maximum absolute atomic E-state index is 12.0. The van der Waals surface area contributed by atoms with Crippen molar-refractivity contribution in [3.63, 3.8) is 0 Å². The Balaban J connectivity index is 2.67. The Morgan fingerprint density at radius 1 is 1.28 bits per heavy atom. The third-order valence-corrected chi connectivity index (χ3v) is 2.63. The minimum Gasteiger partial charge on any atom is -0.368 e. The second-order valence-corrected chi connectivity index (χ2v) is 4.56. The van der Waals surface area contributed by atoms with E-state index in [2.05, 4.69) is 29.4 Å². The van der Waals surface area contributed by atoms with Gasteiger partial charge in [0.2, 0.25) is 0 Å². The van der Waals surface area contributed by atoms with Crippen molar-refractivity contribution in [3.05, 3.63) is 17.8 Å². The average Bonchev–Trinajstić information content (AvgIpc) is 2.38. The van der Waals surface area contributed by atoms with Gasteiger partial charge in [0.25, 0.3) is 5.91 Å². The molecular formula is C13H22N4O. The minimum atomic E-state index is -0.0668. The van der Waals surface area contributed by atoms with Crippen LogP contribution in [0.3, 0.4) is 0 Å². The Morgan fingerprint density at radius 3 is 2.39 bits per heavy atom. The van der Waals surface area contributed by atoms with Gasteiger partial charge in [0, 0.05) is 19.6 Å². The van der Waals surface area contributed by atoms with Crippen LogP contribution in [0.25, 0.3) is 0 Å². The molecule has 0 saturated heterocycles. The molecule has 18 heavy (non-hydrogen) atoms. The molecule has 0 radical (unpaired) electrons. The fraction of sp³-hybridized carbons (Fsp3) is 0.615. The lowest BCUT2D eigenvalue weighted by Crippen LogP contribution is -2.31. The van der Waals surface area contributed by atoms with Crippen molar-refractivity contribution in [2.24, 2.45) is 5.92 Å². The molecule has 5 nitrogen and oxygen atoms in total. The molecule has 1 heterocycles. The molecule has 0 aromatic carbocycles. The summed E-state index contributed by atoms with van der Waals surface area (Å²) in [6, 6.07) is 3.52. The number of carbonyl (C=O) groups excluding carboxylic acids is 1. The van der Waals surface area contributed by atoms with E-state index in [0.717, 1.165) is 6.54 Å². The van der Waals surface area contributed by atoms with Gasteiger partial charge < -0.3 is 10.2 Å². The van der Waals surface area contributed by atoms with Crippen molar-refractivity contribution in [1.82, 2.24) is 15.1 Å². The zero-order valence-electron chi connectivity index (χ0n) is 11.6. The Bertz CT molecular complexity index is 371. The van der Waals surface area contributed by atoms with Crippen LogP contribution < -0.4 is 5.32 Å². The lowest BCUT2D eigenvalue weighted by atomic mass is 10.2. The molecular weight excluding hydrogens is 228 g/mol. The fourth-order valence-electron chi connectivity index (χ4n) is 1.52. The van der Waals surface area contributed by atoms with Crippen molar-refractivity contribution in [2.75, 3.05) is 25.0 Å². The van der Waals surface area contributed by atoms with Crippen LogP contribution in [0, 0.1) is 5.92 Å². The molecule has 0 bridgehead atoms. The first kappa shape index (κ1) is 14.4. The van der Waals surface area contributed by atoms with Gasteiger partial charge >= 0.3 is 0 Å². The predicted octanol–water partition coefficient (Wildman–Crippen LogP) is 2.03. The topological polar surface area (TPSA) is 58.1 Å². The third-order valence-electron chi connectivity index (χ3n) is 2.63. The molecule has 0 aliphatic rings. The quantitative estimate of drug-likeness (QED) is 0.839. The highest BCUT2D eigenvalue weighted by Gasteiger charge is 2.14. The van der Waals surface area contributed by atoms with Gasteiger partial charge in [-0.1, -0.05) is 13.8 Å². The monoisotopic (exact) mass is 250 g/mol. The van der Waals surface area contributed by atoms with Gasteiger partial charge in [0.1, 0.15) is 5.82 Å². The number of hydrogen-bond acceptors (Lipinski definition) is 4. The maximum Gasteiger partial charge on any atom is 0.274 e. The summed E-state index contributed by atoms with van der Waals surface area (Å²) < 4.78 is 0. The van der Waals surface area contributed by atoms with Crippen molar-refractivity contribution < 1.29 is 4.79 Å². The van der Waals surface area contributed by atoms with Gasteiger partial charge in [0.15, 0.2) is 5.69 Å². The van der Waals surface area contributed by atoms with Crippen molar-refractivity contribution >= 4 is 11.7 Å². The number of aromatic nitrogens is 2. The fourth-order valence-corrected chi connectivity index (χ4v) is 1.52. The first-order valence-corrected chi connectivity index (χ1v) is 6.45. The van der Waals surface area contributed by atoms with E-state index < -0.39 is 0 Å². The summed E-state index contributed by atoms with van der Waals surface area (Å²) in [4.78, 5) is 13.7. The summed E-state index contributed by atoms with van der Waals surface area (Å²) in [5, 5.41) is 11.2. The third kappa shape index (κ3) is 3.98. The van der Waals surface area contributed by atoms with Crippen LogP contribution in [0.15, 0.2) is 12.1 Å². The van der Waals surface area contributed by atoms with E-state index in [4.69, 9.17) is 0 Å². The average molecular weight is 250 g/mol. The molecule has 1 aromatic heterocycles. The van der Waals surface area contributed by atoms with Gasteiger partial charge in [0.05, 0.1) is 0 Å². The summed E-state index contributed by atoms with van der Waals surface area (Å²) in [6.45, 7) is 10.4. The number of amides is 1. The van der Waals surface area contributed by atoms with E-state index in [0.29, 0.717) is 30.5 Å². The van der Waals surface area contributed by atoms with Gasteiger partial charge in [-0.05, 0) is 31.9 Å². The first-order valence-electron chi connectivity index (χ1n) is 6.45. The summed E-state index contributed by atoms with van der Waals surface area (Å²) >= 11 is 0. The first-order chi connectivity index (χ1) is 8.58. The van der Waals surface area contributed by atoms with Crippen molar-refractivity contribution in [2.45, 2.75) is 27.7 Å². The number of rotatable bonds is 6. The van der Waals surface area contributed by atoms with E-state index in [1.54, 1.807) is 17.0 Å². The second kappa shape index (κ2) is 6.93. The van der Waals surface area contributed by atoms with Gasteiger partial charge in [-0.3, -0.25) is 4.79 Å². The number of hydrogen-bond donors (Lipinski definition) is 1. The SMILES string of the molecule is CCN(CC)C(=O)c1ccc(NCC(C)C)nn1. The molecule has 0 fully saturated rings. The molecule has 1 aromatic rings. The van der Waals surface area contributed by atoms with Gasteiger partial charge in [-0.25, -0.2) is 0 Å². The van der Waals surface area contributed by atoms with Crippen LogP contribution >= 0.6 is 0 Å². The molecule has 0 aliphatic heterocycles. The molecule has 5 heteroatoms. The van der Waals surface area contributed by atoms with Crippen LogP contribution in [-0.4, -0.2) is 40.6 Å². The number of carbonyl (C=O) groups is 1. The Kier molecular flexibility index (Phi) is 5.55. The molecule has 0 aliphatic carbocycles. The maximum atomic E-state index is 12.0. The highest BCUT2D eigenvalue weighted by molar-refractivity contribution is 5.92. The predicted molar refractivity (Wildman–Crippen MR) is 72.6 cm³/mol. The normalized spacial score (nSPS) is 10.5. The molecule has 0 unspecified atom stereocenters. The summed E-state index contributed by atoms with van der Waals surface area (Å²) in [7, 11) is 0. The largest absolute Gasteiger partial charge is 0.368 e. The van der Waals surface area contributed by atoms with Crippen LogP contribution in [0.1, 0.15) is 38.2 Å². The van der Waals surface area contributed by atoms with Crippen LogP contribution in [0.5, 0.6) is 0 Å². The standard InChI is InChI=1S/C13H22N4O/c1-5-17(6-2)13(18)11-7-8-12(16-15-11)14-9-10(3)4/h7-8,10H,5-6,9H2,1-4H3,(H,14,16). The van der Waals surface area contributed by atoms with Gasteiger partial charge in [-0.2, -0.15) is 0 Å². The molecule has 100 valence electrons. The van der Waals surface area contributed by atoms with Crippen molar-refractivity contribution in [3.8, 4) is 0 Å². The molecule has 0 saturated carbocycles. The summed E-state index contributed by atoms with van der Waals surface area (Å²) in [6.07, 6.45) is 0. The molecule has 1 rings (SSSR count).